The van der Waals surface area contributed by atoms with Gasteiger partial charge in [0, 0.05) is 35.7 Å². The Morgan fingerprint density at radius 2 is 2.16 bits per heavy atom. The van der Waals surface area contributed by atoms with Crippen LogP contribution in [-0.4, -0.2) is 57.1 Å². The minimum Gasteiger partial charge on any atom is -0.464 e. The van der Waals surface area contributed by atoms with Crippen LogP contribution in [0.5, 0.6) is 0 Å². The minimum absolute atomic E-state index is 0.0225. The van der Waals surface area contributed by atoms with Gasteiger partial charge in [-0.15, -0.1) is 0 Å². The van der Waals surface area contributed by atoms with E-state index in [4.69, 9.17) is 14.2 Å². The Morgan fingerprint density at radius 3 is 2.88 bits per heavy atom. The number of methoxy groups -OCH3 is 2. The number of carbonyl (C=O) groups is 1. The summed E-state index contributed by atoms with van der Waals surface area (Å²) in [7, 11) is 3.03. The van der Waals surface area contributed by atoms with Crippen LogP contribution in [-0.2, 0) is 14.2 Å². The summed E-state index contributed by atoms with van der Waals surface area (Å²) in [5, 5.41) is 0.979. The third-order valence-corrected chi connectivity index (χ3v) is 4.66. The number of hydrogen-bond donors (Lipinski definition) is 0. The average Bonchev–Trinajstić information content (AvgIpc) is 2.60. The Morgan fingerprint density at radius 1 is 1.36 bits per heavy atom. The van der Waals surface area contributed by atoms with Crippen molar-refractivity contribution in [2.45, 2.75) is 19.1 Å². The molecule has 2 unspecified atom stereocenters. The molecule has 1 aromatic carbocycles. The molecule has 2 aromatic rings. The van der Waals surface area contributed by atoms with E-state index < -0.39 is 5.97 Å². The lowest BCUT2D eigenvalue weighted by Crippen LogP contribution is -2.48. The van der Waals surface area contributed by atoms with Crippen LogP contribution in [0.3, 0.4) is 0 Å². The van der Waals surface area contributed by atoms with Crippen molar-refractivity contribution in [2.24, 2.45) is 0 Å². The quantitative estimate of drug-likeness (QED) is 0.724. The summed E-state index contributed by atoms with van der Waals surface area (Å²) in [6.45, 7) is 3.98. The van der Waals surface area contributed by atoms with E-state index in [1.54, 1.807) is 13.2 Å². The predicted octanol–water partition coefficient (Wildman–Crippen LogP) is 3.02. The first kappa shape index (κ1) is 18.1. The van der Waals surface area contributed by atoms with Gasteiger partial charge in [-0.1, -0.05) is 15.9 Å². The number of fused-ring (bicyclic) bond motifs is 1. The molecule has 2 atom stereocenters. The molecule has 0 aliphatic carbocycles. The molecule has 7 heteroatoms. The number of carbonyl (C=O) groups excluding carboxylic acids is 1. The molecule has 25 heavy (non-hydrogen) atoms. The molecule has 0 saturated carbocycles. The zero-order chi connectivity index (χ0) is 18.0. The number of halogens is 1. The van der Waals surface area contributed by atoms with Crippen molar-refractivity contribution in [3.8, 4) is 0 Å². The topological polar surface area (TPSA) is 60.9 Å². The minimum atomic E-state index is -0.444. The van der Waals surface area contributed by atoms with Gasteiger partial charge in [-0.2, -0.15) is 0 Å². The number of benzene rings is 1. The van der Waals surface area contributed by atoms with Crippen LogP contribution in [0.1, 0.15) is 17.4 Å². The number of aromatic nitrogens is 1. The fraction of sp³-hybridized carbons (Fsp3) is 0.444. The molecule has 1 saturated heterocycles. The van der Waals surface area contributed by atoms with Gasteiger partial charge in [0.15, 0.2) is 5.69 Å². The summed E-state index contributed by atoms with van der Waals surface area (Å²) in [6.07, 6.45) is 0.0385. The predicted molar refractivity (Wildman–Crippen MR) is 99.2 cm³/mol. The number of anilines is 1. The third kappa shape index (κ3) is 3.94. The van der Waals surface area contributed by atoms with Gasteiger partial charge in [-0.25, -0.2) is 9.78 Å². The van der Waals surface area contributed by atoms with Crippen molar-refractivity contribution < 1.29 is 19.0 Å². The van der Waals surface area contributed by atoms with E-state index in [1.165, 1.54) is 7.11 Å². The molecule has 3 rings (SSSR count). The molecule has 0 amide bonds. The number of nitrogens with zero attached hydrogens (tertiary/aromatic N) is 2. The average molecular weight is 409 g/mol. The summed E-state index contributed by atoms with van der Waals surface area (Å²) in [5.74, 6) is -0.444. The molecule has 1 aliphatic rings. The van der Waals surface area contributed by atoms with Gasteiger partial charge < -0.3 is 19.1 Å². The lowest BCUT2D eigenvalue weighted by atomic mass is 10.1. The molecule has 0 spiro atoms. The molecular weight excluding hydrogens is 388 g/mol. The van der Waals surface area contributed by atoms with E-state index in [-0.39, 0.29) is 12.2 Å². The number of hydrogen-bond acceptors (Lipinski definition) is 6. The van der Waals surface area contributed by atoms with E-state index in [0.717, 1.165) is 27.6 Å². The summed E-state index contributed by atoms with van der Waals surface area (Å²) < 4.78 is 17.0. The highest BCUT2D eigenvalue weighted by atomic mass is 79.9. The second kappa shape index (κ2) is 7.68. The lowest BCUT2D eigenvalue weighted by molar-refractivity contribution is -0.0510. The Labute approximate surface area is 155 Å². The summed E-state index contributed by atoms with van der Waals surface area (Å²) >= 11 is 3.52. The number of rotatable bonds is 4. The monoisotopic (exact) mass is 408 g/mol. The van der Waals surface area contributed by atoms with Crippen LogP contribution in [0.15, 0.2) is 28.7 Å². The molecule has 0 bridgehead atoms. The Balaban J connectivity index is 2.08. The highest BCUT2D eigenvalue weighted by Gasteiger charge is 2.27. The molecular formula is C18H21BrN2O4. The maximum atomic E-state index is 12.0. The van der Waals surface area contributed by atoms with Gasteiger partial charge in [0.2, 0.25) is 0 Å². The van der Waals surface area contributed by atoms with E-state index in [9.17, 15) is 4.79 Å². The third-order valence-electron chi connectivity index (χ3n) is 4.16. The van der Waals surface area contributed by atoms with Crippen LogP contribution in [0, 0.1) is 0 Å². The molecule has 1 fully saturated rings. The zero-order valence-electron chi connectivity index (χ0n) is 14.5. The fourth-order valence-electron chi connectivity index (χ4n) is 3.17. The van der Waals surface area contributed by atoms with Crippen LogP contribution < -0.4 is 4.90 Å². The Bertz CT molecular complexity index is 783. The molecule has 0 N–H and O–H groups in total. The Hall–Kier alpha value is -1.70. The van der Waals surface area contributed by atoms with Gasteiger partial charge in [-0.3, -0.25) is 0 Å². The number of ether oxygens (including phenoxy) is 3. The summed E-state index contributed by atoms with van der Waals surface area (Å²) in [6, 6.07) is 7.62. The van der Waals surface area contributed by atoms with E-state index in [1.807, 2.05) is 25.1 Å². The first-order valence-electron chi connectivity index (χ1n) is 8.09. The van der Waals surface area contributed by atoms with Crippen LogP contribution in [0.4, 0.5) is 5.69 Å². The molecule has 6 nitrogen and oxygen atoms in total. The van der Waals surface area contributed by atoms with Crippen molar-refractivity contribution in [1.29, 1.82) is 0 Å². The molecule has 1 aromatic heterocycles. The van der Waals surface area contributed by atoms with Crippen molar-refractivity contribution in [2.75, 3.05) is 38.8 Å². The lowest BCUT2D eigenvalue weighted by Gasteiger charge is -2.38. The maximum Gasteiger partial charge on any atom is 0.356 e. The first-order valence-corrected chi connectivity index (χ1v) is 8.89. The largest absolute Gasteiger partial charge is 0.464 e. The van der Waals surface area contributed by atoms with Gasteiger partial charge in [0.05, 0.1) is 31.4 Å². The van der Waals surface area contributed by atoms with Crippen molar-refractivity contribution in [3.63, 3.8) is 0 Å². The van der Waals surface area contributed by atoms with Gasteiger partial charge in [0.25, 0.3) is 0 Å². The molecule has 0 radical (unpaired) electrons. The van der Waals surface area contributed by atoms with Crippen molar-refractivity contribution in [1.82, 2.24) is 4.98 Å². The van der Waals surface area contributed by atoms with Crippen molar-refractivity contribution in [3.05, 3.63) is 34.4 Å². The van der Waals surface area contributed by atoms with Crippen molar-refractivity contribution >= 4 is 38.5 Å². The molecule has 1 aliphatic heterocycles. The van der Waals surface area contributed by atoms with E-state index in [2.05, 4.69) is 25.8 Å². The van der Waals surface area contributed by atoms with Crippen LogP contribution >= 0.6 is 15.9 Å². The van der Waals surface area contributed by atoms with E-state index in [0.29, 0.717) is 18.8 Å². The fourth-order valence-corrected chi connectivity index (χ4v) is 3.53. The van der Waals surface area contributed by atoms with Gasteiger partial charge in [0.1, 0.15) is 0 Å². The normalized spacial score (nSPS) is 20.7. The number of pyridine rings is 1. The molecule has 2 heterocycles. The summed E-state index contributed by atoms with van der Waals surface area (Å²) in [4.78, 5) is 18.7. The van der Waals surface area contributed by atoms with Gasteiger partial charge in [-0.05, 0) is 31.2 Å². The van der Waals surface area contributed by atoms with E-state index >= 15 is 0 Å². The van der Waals surface area contributed by atoms with Crippen LogP contribution in [0.25, 0.3) is 10.9 Å². The highest BCUT2D eigenvalue weighted by Crippen LogP contribution is 2.31. The number of esters is 1. The second-order valence-electron chi connectivity index (χ2n) is 6.11. The highest BCUT2D eigenvalue weighted by molar-refractivity contribution is 9.10. The smallest absolute Gasteiger partial charge is 0.356 e. The zero-order valence-corrected chi connectivity index (χ0v) is 16.1. The standard InChI is InChI=1S/C18H21BrN2O4/c1-11-8-21(9-13(25-11)10-23-2)17-7-16(18(22)24-3)20-15-5-4-12(19)6-14(15)17/h4-7,11,13H,8-10H2,1-3H3. The molecule has 134 valence electrons. The second-order valence-corrected chi connectivity index (χ2v) is 7.02. The SMILES string of the molecule is COCC1CN(c2cc(C(=O)OC)nc3ccc(Br)cc23)CC(C)O1. The maximum absolute atomic E-state index is 12.0. The Kier molecular flexibility index (Phi) is 5.56. The van der Waals surface area contributed by atoms with Gasteiger partial charge >= 0.3 is 5.97 Å². The van der Waals surface area contributed by atoms with Crippen LogP contribution in [0.2, 0.25) is 0 Å². The summed E-state index contributed by atoms with van der Waals surface area (Å²) in [5.41, 5.74) is 2.00. The first-order chi connectivity index (χ1) is 12.0. The number of morpholine rings is 1.